The minimum atomic E-state index is -3.66. The van der Waals surface area contributed by atoms with E-state index in [2.05, 4.69) is 11.4 Å². The highest BCUT2D eigenvalue weighted by Gasteiger charge is 2.57. The van der Waals surface area contributed by atoms with E-state index in [1.54, 1.807) is 4.90 Å². The number of carbonyl (C=O) groups is 1. The van der Waals surface area contributed by atoms with Gasteiger partial charge in [-0.25, -0.2) is 0 Å². The Labute approximate surface area is 167 Å². The van der Waals surface area contributed by atoms with Gasteiger partial charge in [0.1, 0.15) is 6.04 Å². The normalized spacial score (nSPS) is 38.6. The zero-order valence-electron chi connectivity index (χ0n) is 16.4. The predicted octanol–water partition coefficient (Wildman–Crippen LogP) is 1.07. The number of rotatable bonds is 4. The molecular formula is C19H31N3O5S. The molecule has 0 spiro atoms. The van der Waals surface area contributed by atoms with Crippen LogP contribution < -0.4 is 5.32 Å². The molecule has 1 amide bonds. The van der Waals surface area contributed by atoms with Crippen molar-refractivity contribution >= 4 is 16.0 Å². The molecule has 28 heavy (non-hydrogen) atoms. The molecule has 3 atom stereocenters. The van der Waals surface area contributed by atoms with E-state index in [0.717, 1.165) is 44.9 Å². The quantitative estimate of drug-likeness (QED) is 0.588. The number of likely N-dealkylation sites (tertiary alicyclic amines) is 1. The van der Waals surface area contributed by atoms with Gasteiger partial charge in [-0.15, -0.1) is 0 Å². The van der Waals surface area contributed by atoms with Gasteiger partial charge in [-0.05, 0) is 70.1 Å². The highest BCUT2D eigenvalue weighted by Crippen LogP contribution is 2.57. The molecule has 0 radical (unpaired) electrons. The molecule has 4 saturated carbocycles. The van der Waals surface area contributed by atoms with E-state index in [0.29, 0.717) is 24.9 Å². The molecule has 0 aromatic heterocycles. The maximum atomic E-state index is 12.4. The molecule has 1 aliphatic heterocycles. The molecule has 5 fully saturated rings. The van der Waals surface area contributed by atoms with E-state index in [1.807, 2.05) is 0 Å². The Morgan fingerprint density at radius 2 is 1.89 bits per heavy atom. The van der Waals surface area contributed by atoms with Crippen molar-refractivity contribution in [1.29, 1.82) is 5.26 Å². The van der Waals surface area contributed by atoms with Crippen molar-refractivity contribution in [3.63, 3.8) is 0 Å². The van der Waals surface area contributed by atoms with Crippen LogP contribution in [0.1, 0.15) is 58.3 Å². The summed E-state index contributed by atoms with van der Waals surface area (Å²) < 4.78 is 26.9. The molecule has 0 aromatic carbocycles. The van der Waals surface area contributed by atoms with Gasteiger partial charge in [0.25, 0.3) is 10.1 Å². The third-order valence-electron chi connectivity index (χ3n) is 6.73. The average molecular weight is 414 g/mol. The average Bonchev–Trinajstić information content (AvgIpc) is 3.06. The van der Waals surface area contributed by atoms with Gasteiger partial charge in [-0.2, -0.15) is 13.7 Å². The Hall–Kier alpha value is -1.21. The summed E-state index contributed by atoms with van der Waals surface area (Å²) >= 11 is 0. The van der Waals surface area contributed by atoms with E-state index in [1.165, 1.54) is 13.3 Å². The van der Waals surface area contributed by atoms with Crippen molar-refractivity contribution in [1.82, 2.24) is 10.2 Å². The fourth-order valence-corrected chi connectivity index (χ4v) is 5.99. The van der Waals surface area contributed by atoms with Crippen LogP contribution in [-0.4, -0.2) is 64.9 Å². The molecule has 4 bridgehead atoms. The lowest BCUT2D eigenvalue weighted by atomic mass is 9.51. The monoisotopic (exact) mass is 413 g/mol. The Morgan fingerprint density at radius 1 is 1.29 bits per heavy atom. The lowest BCUT2D eigenvalue weighted by Gasteiger charge is -2.60. The molecule has 0 aromatic rings. The number of hydrogen-bond donors (Lipinski definition) is 3. The largest absolute Gasteiger partial charge is 0.390 e. The number of aliphatic hydroxyl groups is 1. The third kappa shape index (κ3) is 4.85. The maximum absolute atomic E-state index is 12.4. The van der Waals surface area contributed by atoms with E-state index in [4.69, 9.17) is 9.81 Å². The number of nitrogens with one attached hydrogen (secondary N) is 1. The number of nitriles is 1. The van der Waals surface area contributed by atoms with Crippen LogP contribution in [0.3, 0.4) is 0 Å². The van der Waals surface area contributed by atoms with E-state index >= 15 is 0 Å². The van der Waals surface area contributed by atoms with Crippen LogP contribution in [0.2, 0.25) is 0 Å². The standard InChI is InChI=1S/C17H25N3O2.C2H6O3S/c18-9-14-2-1-3-20(14)15(21)10-19-16-5-12-4-13(6-16)8-17(22,7-12)11-16;1-2-6(3,4)5/h12-14,19,22H,1-8,10-11H2;2H2,1H3,(H,3,4,5)/t12?,13?,14-,16?,17?;/m0./s1. The first-order valence-corrected chi connectivity index (χ1v) is 11.8. The van der Waals surface area contributed by atoms with Crippen LogP contribution in [0.25, 0.3) is 0 Å². The SMILES string of the molecule is CCS(=O)(=O)O.N#C[C@@H]1CCCN1C(=O)CNC12CC3CC(CC(O)(C3)C1)C2. The summed E-state index contributed by atoms with van der Waals surface area (Å²) in [5.41, 5.74) is -0.542. The number of nitrogens with zero attached hydrogens (tertiary/aromatic N) is 2. The minimum Gasteiger partial charge on any atom is -0.390 e. The minimum absolute atomic E-state index is 0.0453. The molecule has 4 aliphatic carbocycles. The molecule has 1 heterocycles. The van der Waals surface area contributed by atoms with Crippen molar-refractivity contribution in [2.45, 2.75) is 75.5 Å². The van der Waals surface area contributed by atoms with Gasteiger partial charge in [-0.1, -0.05) is 0 Å². The molecule has 5 rings (SSSR count). The van der Waals surface area contributed by atoms with Crippen LogP contribution in [0.15, 0.2) is 0 Å². The van der Waals surface area contributed by atoms with Gasteiger partial charge in [0.15, 0.2) is 0 Å². The second-order valence-electron chi connectivity index (χ2n) is 9.06. The molecule has 3 N–H and O–H groups in total. The van der Waals surface area contributed by atoms with Crippen molar-refractivity contribution in [3.05, 3.63) is 0 Å². The molecule has 1 saturated heterocycles. The smallest absolute Gasteiger partial charge is 0.264 e. The summed E-state index contributed by atoms with van der Waals surface area (Å²) in [7, 11) is -3.66. The van der Waals surface area contributed by atoms with Crippen LogP contribution in [0, 0.1) is 23.2 Å². The first-order chi connectivity index (χ1) is 13.1. The van der Waals surface area contributed by atoms with Crippen molar-refractivity contribution in [2.24, 2.45) is 11.8 Å². The Bertz CT molecular complexity index is 733. The third-order valence-corrected chi connectivity index (χ3v) is 7.46. The van der Waals surface area contributed by atoms with Gasteiger partial charge in [0, 0.05) is 12.1 Å². The molecule has 5 aliphatic rings. The summed E-state index contributed by atoms with van der Waals surface area (Å²) in [6, 6.07) is 1.99. The number of amides is 1. The van der Waals surface area contributed by atoms with Gasteiger partial charge in [-0.3, -0.25) is 9.35 Å². The van der Waals surface area contributed by atoms with E-state index in [-0.39, 0.29) is 23.2 Å². The summed E-state index contributed by atoms with van der Waals surface area (Å²) in [5.74, 6) is 1.08. The lowest BCUT2D eigenvalue weighted by molar-refractivity contribution is -0.147. The van der Waals surface area contributed by atoms with E-state index in [9.17, 15) is 18.3 Å². The molecule has 8 nitrogen and oxygen atoms in total. The fraction of sp³-hybridized carbons (Fsp3) is 0.895. The van der Waals surface area contributed by atoms with Gasteiger partial charge in [0.05, 0.1) is 24.0 Å². The van der Waals surface area contributed by atoms with E-state index < -0.39 is 15.7 Å². The topological polar surface area (TPSA) is 131 Å². The highest BCUT2D eigenvalue weighted by atomic mass is 32.2. The zero-order chi connectivity index (χ0) is 20.6. The second-order valence-corrected chi connectivity index (χ2v) is 10.8. The van der Waals surface area contributed by atoms with Crippen molar-refractivity contribution in [2.75, 3.05) is 18.8 Å². The van der Waals surface area contributed by atoms with Crippen LogP contribution in [0.5, 0.6) is 0 Å². The van der Waals surface area contributed by atoms with Crippen LogP contribution in [-0.2, 0) is 14.9 Å². The first-order valence-electron chi connectivity index (χ1n) is 10.2. The number of hydrogen-bond acceptors (Lipinski definition) is 6. The second kappa shape index (κ2) is 7.90. The Balaban J connectivity index is 0.000000330. The van der Waals surface area contributed by atoms with Crippen LogP contribution in [0.4, 0.5) is 0 Å². The zero-order valence-corrected chi connectivity index (χ0v) is 17.2. The van der Waals surface area contributed by atoms with Gasteiger partial charge >= 0.3 is 0 Å². The summed E-state index contributed by atoms with van der Waals surface area (Å²) in [6.07, 6.45) is 7.87. The first kappa shape index (κ1) is 21.5. The van der Waals surface area contributed by atoms with Gasteiger partial charge in [0.2, 0.25) is 5.91 Å². The van der Waals surface area contributed by atoms with Crippen LogP contribution >= 0.6 is 0 Å². The fourth-order valence-electron chi connectivity index (χ4n) is 5.99. The molecule has 2 unspecified atom stereocenters. The number of carbonyl (C=O) groups excluding carboxylic acids is 1. The maximum Gasteiger partial charge on any atom is 0.264 e. The Morgan fingerprint density at radius 3 is 2.39 bits per heavy atom. The molecule has 9 heteroatoms. The lowest BCUT2D eigenvalue weighted by Crippen LogP contribution is -2.65. The van der Waals surface area contributed by atoms with Crippen molar-refractivity contribution < 1.29 is 22.9 Å². The Kier molecular flexibility index (Phi) is 6.07. The molecular weight excluding hydrogens is 382 g/mol. The predicted molar refractivity (Wildman–Crippen MR) is 103 cm³/mol. The summed E-state index contributed by atoms with van der Waals surface area (Å²) in [5, 5.41) is 23.4. The summed E-state index contributed by atoms with van der Waals surface area (Å²) in [6.45, 7) is 2.39. The van der Waals surface area contributed by atoms with Gasteiger partial charge < -0.3 is 15.3 Å². The van der Waals surface area contributed by atoms with Crippen molar-refractivity contribution in [3.8, 4) is 6.07 Å². The molecule has 158 valence electrons. The summed E-state index contributed by atoms with van der Waals surface area (Å²) in [4.78, 5) is 14.2. The highest BCUT2D eigenvalue weighted by molar-refractivity contribution is 7.85.